The Kier molecular flexibility index (Phi) is 10.1. The van der Waals surface area contributed by atoms with Crippen molar-refractivity contribution < 1.29 is 18.1 Å². The molecule has 5 heteroatoms. The van der Waals surface area contributed by atoms with Gasteiger partial charge >= 0.3 is 7.82 Å². The lowest BCUT2D eigenvalue weighted by Crippen LogP contribution is -2.02. The average molecular weight is 414 g/mol. The van der Waals surface area contributed by atoms with Crippen molar-refractivity contribution in [1.29, 1.82) is 0 Å². The van der Waals surface area contributed by atoms with E-state index in [1.807, 2.05) is 73.7 Å². The molecule has 2 aromatic rings. The molecule has 0 spiro atoms. The molecule has 0 heterocycles. The molecule has 0 aliphatic rings. The molecule has 0 radical (unpaired) electrons. The molecule has 0 atom stereocenters. The molecule has 156 valence electrons. The molecule has 0 unspecified atom stereocenters. The Hall–Kier alpha value is -1.97. The van der Waals surface area contributed by atoms with E-state index in [4.69, 9.17) is 13.6 Å². The number of benzene rings is 2. The van der Waals surface area contributed by atoms with Crippen LogP contribution in [0.5, 0.6) is 0 Å². The van der Waals surface area contributed by atoms with E-state index < -0.39 is 7.82 Å². The van der Waals surface area contributed by atoms with Gasteiger partial charge in [-0.1, -0.05) is 84.0 Å². The summed E-state index contributed by atoms with van der Waals surface area (Å²) in [5.41, 5.74) is 4.31. The van der Waals surface area contributed by atoms with Crippen molar-refractivity contribution in [1.82, 2.24) is 0 Å². The molecular weight excluding hydrogens is 383 g/mol. The topological polar surface area (TPSA) is 44.8 Å². The van der Waals surface area contributed by atoms with Gasteiger partial charge in [-0.3, -0.25) is 13.6 Å². The normalized spacial score (nSPS) is 12.0. The molecule has 0 fully saturated rings. The summed E-state index contributed by atoms with van der Waals surface area (Å²) in [5, 5.41) is 0. The van der Waals surface area contributed by atoms with Crippen LogP contribution < -0.4 is 0 Å². The minimum atomic E-state index is -3.70. The maximum atomic E-state index is 13.1. The summed E-state index contributed by atoms with van der Waals surface area (Å²) in [7, 11) is -3.70. The maximum absolute atomic E-state index is 13.1. The van der Waals surface area contributed by atoms with Crippen LogP contribution in [0.2, 0.25) is 0 Å². The van der Waals surface area contributed by atoms with E-state index in [9.17, 15) is 4.57 Å². The zero-order valence-corrected chi connectivity index (χ0v) is 18.4. The summed E-state index contributed by atoms with van der Waals surface area (Å²) in [6.45, 7) is 6.73. The summed E-state index contributed by atoms with van der Waals surface area (Å²) in [4.78, 5) is 0. The van der Waals surface area contributed by atoms with Gasteiger partial charge in [-0.15, -0.1) is 0 Å². The van der Waals surface area contributed by atoms with Crippen molar-refractivity contribution in [3.8, 4) is 0 Å². The van der Waals surface area contributed by atoms with E-state index in [1.54, 1.807) is 0 Å². The number of allylic oxidation sites excluding steroid dienone is 3. The van der Waals surface area contributed by atoms with Gasteiger partial charge in [-0.05, 0) is 44.7 Å². The Morgan fingerprint density at radius 1 is 0.793 bits per heavy atom. The number of rotatable bonds is 12. The second-order valence-electron chi connectivity index (χ2n) is 7.13. The molecule has 2 aromatic carbocycles. The second kappa shape index (κ2) is 12.6. The second-order valence-corrected chi connectivity index (χ2v) is 8.80. The molecule has 4 nitrogen and oxygen atoms in total. The molecule has 0 saturated carbocycles. The summed E-state index contributed by atoms with van der Waals surface area (Å²) in [6, 6.07) is 19.1. The highest BCUT2D eigenvalue weighted by Gasteiger charge is 2.26. The number of phosphoric ester groups is 1. The van der Waals surface area contributed by atoms with Crippen LogP contribution in [0.15, 0.2) is 84.0 Å². The average Bonchev–Trinajstić information content (AvgIpc) is 2.72. The lowest BCUT2D eigenvalue weighted by molar-refractivity contribution is 0.111. The van der Waals surface area contributed by atoms with Crippen LogP contribution in [-0.2, 0) is 31.4 Å². The minimum absolute atomic E-state index is 0.163. The van der Waals surface area contributed by atoms with Crippen molar-refractivity contribution in [3.05, 3.63) is 95.1 Å². The van der Waals surface area contributed by atoms with Gasteiger partial charge in [0.1, 0.15) is 0 Å². The van der Waals surface area contributed by atoms with Crippen molar-refractivity contribution >= 4 is 7.82 Å². The molecule has 0 aliphatic heterocycles. The third-order valence-corrected chi connectivity index (χ3v) is 5.58. The summed E-state index contributed by atoms with van der Waals surface area (Å²) in [6.07, 6.45) is 6.06. The molecule has 0 saturated heterocycles. The van der Waals surface area contributed by atoms with Crippen LogP contribution in [0.25, 0.3) is 0 Å². The van der Waals surface area contributed by atoms with E-state index in [0.29, 0.717) is 0 Å². The number of phosphoric acid groups is 1. The van der Waals surface area contributed by atoms with E-state index >= 15 is 0 Å². The SMILES string of the molecule is CC(C)=CCC/C(C)=C/COP(=O)(OCc1ccccc1)OCc1ccccc1. The van der Waals surface area contributed by atoms with E-state index in [1.165, 1.54) is 11.1 Å². The van der Waals surface area contributed by atoms with Crippen LogP contribution in [0, 0.1) is 0 Å². The smallest absolute Gasteiger partial charge is 0.283 e. The highest BCUT2D eigenvalue weighted by Crippen LogP contribution is 2.51. The zero-order chi connectivity index (χ0) is 21.0. The lowest BCUT2D eigenvalue weighted by atomic mass is 10.1. The standard InChI is InChI=1S/C24H31O4P/c1-21(2)11-10-12-22(3)17-18-26-29(25,27-19-23-13-6-4-7-14-23)28-20-24-15-8-5-9-16-24/h4-9,11,13-17H,10,12,18-20H2,1-3H3/b22-17+. The Labute approximate surface area is 174 Å². The van der Waals surface area contributed by atoms with Gasteiger partial charge in [-0.2, -0.15) is 0 Å². The first-order valence-electron chi connectivity index (χ1n) is 9.87. The largest absolute Gasteiger partial charge is 0.475 e. The van der Waals surface area contributed by atoms with Gasteiger partial charge in [0.15, 0.2) is 0 Å². The van der Waals surface area contributed by atoms with E-state index in [0.717, 1.165) is 24.0 Å². The van der Waals surface area contributed by atoms with E-state index in [2.05, 4.69) is 19.9 Å². The first-order valence-corrected chi connectivity index (χ1v) is 11.3. The molecule has 0 aromatic heterocycles. The molecule has 0 aliphatic carbocycles. The van der Waals surface area contributed by atoms with E-state index in [-0.39, 0.29) is 19.8 Å². The van der Waals surface area contributed by atoms with Gasteiger partial charge in [0.2, 0.25) is 0 Å². The number of hydrogen-bond acceptors (Lipinski definition) is 4. The molecular formula is C24H31O4P. The molecule has 0 N–H and O–H groups in total. The predicted molar refractivity (Wildman–Crippen MR) is 118 cm³/mol. The van der Waals surface area contributed by atoms with Crippen LogP contribution >= 0.6 is 7.82 Å². The fraction of sp³-hybridized carbons (Fsp3) is 0.333. The van der Waals surface area contributed by atoms with Crippen molar-refractivity contribution in [2.24, 2.45) is 0 Å². The molecule has 29 heavy (non-hydrogen) atoms. The highest BCUT2D eigenvalue weighted by molar-refractivity contribution is 7.48. The Bertz CT molecular complexity index is 777. The predicted octanol–water partition coefficient (Wildman–Crippen LogP) is 7.24. The third kappa shape index (κ3) is 9.87. The lowest BCUT2D eigenvalue weighted by Gasteiger charge is -2.18. The van der Waals surface area contributed by atoms with Crippen LogP contribution in [-0.4, -0.2) is 6.61 Å². The maximum Gasteiger partial charge on any atom is 0.475 e. The summed E-state index contributed by atoms with van der Waals surface area (Å²) >= 11 is 0. The van der Waals surface area contributed by atoms with Crippen LogP contribution in [0.3, 0.4) is 0 Å². The zero-order valence-electron chi connectivity index (χ0n) is 17.5. The van der Waals surface area contributed by atoms with Gasteiger partial charge in [0, 0.05) is 0 Å². The van der Waals surface area contributed by atoms with Gasteiger partial charge in [-0.25, -0.2) is 4.57 Å². The van der Waals surface area contributed by atoms with Gasteiger partial charge in [0.25, 0.3) is 0 Å². The van der Waals surface area contributed by atoms with Crippen molar-refractivity contribution in [2.45, 2.75) is 46.8 Å². The summed E-state index contributed by atoms with van der Waals surface area (Å²) < 4.78 is 29.9. The van der Waals surface area contributed by atoms with Crippen LogP contribution in [0.1, 0.15) is 44.7 Å². The number of hydrogen-bond donors (Lipinski definition) is 0. The Balaban J connectivity index is 1.95. The Morgan fingerprint density at radius 2 is 1.31 bits per heavy atom. The highest BCUT2D eigenvalue weighted by atomic mass is 31.2. The molecule has 0 amide bonds. The minimum Gasteiger partial charge on any atom is -0.283 e. The van der Waals surface area contributed by atoms with Gasteiger partial charge < -0.3 is 0 Å². The van der Waals surface area contributed by atoms with Crippen molar-refractivity contribution in [2.75, 3.05) is 6.61 Å². The molecule has 2 rings (SSSR count). The third-order valence-electron chi connectivity index (χ3n) is 4.22. The molecule has 0 bridgehead atoms. The van der Waals surface area contributed by atoms with Gasteiger partial charge in [0.05, 0.1) is 19.8 Å². The Morgan fingerprint density at radius 3 is 1.79 bits per heavy atom. The first kappa shape index (κ1) is 23.3. The fourth-order valence-corrected chi connectivity index (χ4v) is 3.62. The quantitative estimate of drug-likeness (QED) is 0.271. The monoisotopic (exact) mass is 414 g/mol. The van der Waals surface area contributed by atoms with Crippen molar-refractivity contribution in [3.63, 3.8) is 0 Å². The summed E-state index contributed by atoms with van der Waals surface area (Å²) in [5.74, 6) is 0. The first-order chi connectivity index (χ1) is 14.0. The fourth-order valence-electron chi connectivity index (χ4n) is 2.53. The van der Waals surface area contributed by atoms with Crippen LogP contribution in [0.4, 0.5) is 0 Å².